The quantitative estimate of drug-likeness (QED) is 0.368. The molecular formula is C5H8NO5P. The van der Waals surface area contributed by atoms with Crippen molar-refractivity contribution in [1.29, 1.82) is 0 Å². The van der Waals surface area contributed by atoms with E-state index in [0.29, 0.717) is 0 Å². The van der Waals surface area contributed by atoms with Crippen LogP contribution >= 0.6 is 7.34 Å². The number of aliphatic carboxylic acids is 1. The largest absolute Gasteiger partial charge is 0.479 e. The highest BCUT2D eigenvalue weighted by Crippen LogP contribution is 2.37. The molecule has 0 aromatic carbocycles. The highest BCUT2D eigenvalue weighted by Gasteiger charge is 2.29. The average Bonchev–Trinajstić information content (AvgIpc) is 1.82. The van der Waals surface area contributed by atoms with Gasteiger partial charge < -0.3 is 20.2 Å². The first-order valence-electron chi connectivity index (χ1n) is 3.12. The number of carbonyl (C=O) groups excluding carboxylic acids is 1. The Morgan fingerprint density at radius 2 is 2.25 bits per heavy atom. The molecule has 12 heavy (non-hydrogen) atoms. The predicted octanol–water partition coefficient (Wildman–Crippen LogP) is -1.80. The minimum Gasteiger partial charge on any atom is -0.479 e. The van der Waals surface area contributed by atoms with E-state index in [0.717, 1.165) is 5.80 Å². The zero-order chi connectivity index (χ0) is 9.35. The molecule has 0 aliphatic carbocycles. The van der Waals surface area contributed by atoms with Gasteiger partial charge in [-0.25, -0.2) is 4.79 Å². The molecule has 7 heteroatoms. The van der Waals surface area contributed by atoms with Crippen LogP contribution in [0.2, 0.25) is 0 Å². The van der Waals surface area contributed by atoms with Crippen molar-refractivity contribution in [2.24, 2.45) is 0 Å². The van der Waals surface area contributed by atoms with Crippen LogP contribution in [0.5, 0.6) is 0 Å². The van der Waals surface area contributed by atoms with Gasteiger partial charge >= 0.3 is 5.97 Å². The molecule has 1 rings (SSSR count). The minimum atomic E-state index is -3.42. The molecular weight excluding hydrogens is 185 g/mol. The highest BCUT2D eigenvalue weighted by atomic mass is 31.2. The first-order valence-corrected chi connectivity index (χ1v) is 5.07. The Kier molecular flexibility index (Phi) is 2.23. The number of carboxylic acids is 1. The standard InChI is InChI=1S/C5H8NO5P/c7-4-2-12(10,11)1-3(6-4)5(8)9/h1,3,10-11H,2H2,(H,6,7)(H,8,9). The molecule has 1 aliphatic heterocycles. The van der Waals surface area contributed by atoms with Crippen LogP contribution in [-0.4, -0.2) is 44.8 Å². The number of hydrogen-bond acceptors (Lipinski definition) is 4. The molecule has 1 amide bonds. The van der Waals surface area contributed by atoms with Crippen LogP contribution in [0.4, 0.5) is 0 Å². The Balaban J connectivity index is 2.94. The van der Waals surface area contributed by atoms with E-state index >= 15 is 0 Å². The van der Waals surface area contributed by atoms with Crippen molar-refractivity contribution < 1.29 is 24.5 Å². The Hall–Kier alpha value is -0.840. The van der Waals surface area contributed by atoms with E-state index in [1.165, 1.54) is 0 Å². The topological polar surface area (TPSA) is 107 Å². The van der Waals surface area contributed by atoms with Crippen LogP contribution in [0.15, 0.2) is 0 Å². The molecule has 1 heterocycles. The zero-order valence-electron chi connectivity index (χ0n) is 5.97. The summed E-state index contributed by atoms with van der Waals surface area (Å²) in [7, 11) is -3.42. The van der Waals surface area contributed by atoms with Crippen LogP contribution in [0, 0.1) is 0 Å². The van der Waals surface area contributed by atoms with Crippen molar-refractivity contribution in [1.82, 2.24) is 5.32 Å². The van der Waals surface area contributed by atoms with Crippen LogP contribution in [0.1, 0.15) is 0 Å². The Morgan fingerprint density at radius 1 is 1.67 bits per heavy atom. The summed E-state index contributed by atoms with van der Waals surface area (Å²) in [4.78, 5) is 39.1. The molecule has 1 aliphatic rings. The lowest BCUT2D eigenvalue weighted by Crippen LogP contribution is -2.46. The van der Waals surface area contributed by atoms with Gasteiger partial charge in [-0.1, -0.05) is 0 Å². The van der Waals surface area contributed by atoms with E-state index in [2.05, 4.69) is 5.32 Å². The molecule has 0 saturated carbocycles. The molecule has 0 aromatic rings. The molecule has 1 unspecified atom stereocenters. The fraction of sp³-hybridized carbons (Fsp3) is 0.400. The van der Waals surface area contributed by atoms with Gasteiger partial charge in [-0.3, -0.25) is 4.79 Å². The molecule has 0 spiro atoms. The van der Waals surface area contributed by atoms with Crippen LogP contribution in [-0.2, 0) is 9.59 Å². The molecule has 68 valence electrons. The van der Waals surface area contributed by atoms with Gasteiger partial charge in [0.2, 0.25) is 5.91 Å². The maximum absolute atomic E-state index is 10.7. The van der Waals surface area contributed by atoms with E-state index in [9.17, 15) is 9.59 Å². The second-order valence-electron chi connectivity index (χ2n) is 2.48. The van der Waals surface area contributed by atoms with Crippen molar-refractivity contribution in [2.75, 3.05) is 6.16 Å². The third kappa shape index (κ3) is 2.07. The van der Waals surface area contributed by atoms with Crippen LogP contribution < -0.4 is 5.32 Å². The van der Waals surface area contributed by atoms with Gasteiger partial charge in [0, 0.05) is 0 Å². The number of carboxylic acid groups (broad SMARTS) is 1. The van der Waals surface area contributed by atoms with E-state index < -0.39 is 31.4 Å². The summed E-state index contributed by atoms with van der Waals surface area (Å²) in [6.45, 7) is 0. The van der Waals surface area contributed by atoms with Gasteiger partial charge in [0.25, 0.3) is 0 Å². The maximum atomic E-state index is 10.7. The van der Waals surface area contributed by atoms with Crippen LogP contribution in [0.3, 0.4) is 0 Å². The number of hydrogen-bond donors (Lipinski definition) is 4. The lowest BCUT2D eigenvalue weighted by Gasteiger charge is -2.21. The summed E-state index contributed by atoms with van der Waals surface area (Å²) in [5.74, 6) is -1.07. The summed E-state index contributed by atoms with van der Waals surface area (Å²) in [5, 5.41) is 10.5. The van der Waals surface area contributed by atoms with Gasteiger partial charge in [-0.15, -0.1) is 0 Å². The molecule has 6 nitrogen and oxygen atoms in total. The number of amides is 1. The molecule has 0 radical (unpaired) electrons. The fourth-order valence-electron chi connectivity index (χ4n) is 0.885. The van der Waals surface area contributed by atoms with E-state index in [1.807, 2.05) is 0 Å². The Bertz CT molecular complexity index is 280. The third-order valence-electron chi connectivity index (χ3n) is 1.35. The second kappa shape index (κ2) is 2.90. The molecule has 0 bridgehead atoms. The van der Waals surface area contributed by atoms with E-state index in [4.69, 9.17) is 14.9 Å². The molecule has 4 N–H and O–H groups in total. The number of carbonyl (C=O) groups is 2. The second-order valence-corrected chi connectivity index (χ2v) is 4.66. The summed E-state index contributed by atoms with van der Waals surface area (Å²) in [6.07, 6.45) is -0.420. The third-order valence-corrected chi connectivity index (χ3v) is 2.87. The van der Waals surface area contributed by atoms with Gasteiger partial charge in [0.1, 0.15) is 13.4 Å². The van der Waals surface area contributed by atoms with Crippen molar-refractivity contribution in [3.05, 3.63) is 0 Å². The molecule has 0 aromatic heterocycles. The maximum Gasteiger partial charge on any atom is 0.330 e. The van der Waals surface area contributed by atoms with Gasteiger partial charge in [0.05, 0.1) is 6.16 Å². The van der Waals surface area contributed by atoms with Gasteiger partial charge in [-0.05, 0) is 5.80 Å². The summed E-state index contributed by atoms with van der Waals surface area (Å²) < 4.78 is 0. The minimum absolute atomic E-state index is 0.420. The smallest absolute Gasteiger partial charge is 0.330 e. The van der Waals surface area contributed by atoms with Gasteiger partial charge in [0.15, 0.2) is 0 Å². The van der Waals surface area contributed by atoms with E-state index in [1.54, 1.807) is 0 Å². The lowest BCUT2D eigenvalue weighted by atomic mass is 10.3. The average molecular weight is 193 g/mol. The predicted molar refractivity (Wildman–Crippen MR) is 41.9 cm³/mol. The lowest BCUT2D eigenvalue weighted by molar-refractivity contribution is -0.139. The van der Waals surface area contributed by atoms with Gasteiger partial charge in [-0.2, -0.15) is 0 Å². The zero-order valence-corrected chi connectivity index (χ0v) is 6.86. The summed E-state index contributed by atoms with van der Waals surface area (Å²) >= 11 is 0. The first kappa shape index (κ1) is 9.25. The fourth-order valence-corrected chi connectivity index (χ4v) is 2.18. The summed E-state index contributed by atoms with van der Waals surface area (Å²) in [5.41, 5.74) is 0. The normalized spacial score (nSPS) is 27.2. The highest BCUT2D eigenvalue weighted by molar-refractivity contribution is 7.65. The molecule has 0 fully saturated rings. The molecule has 0 saturated heterocycles. The molecule has 1 atom stereocenters. The summed E-state index contributed by atoms with van der Waals surface area (Å²) in [6, 6.07) is -1.28. The monoisotopic (exact) mass is 193 g/mol. The Labute approximate surface area is 68.0 Å². The number of rotatable bonds is 1. The van der Waals surface area contributed by atoms with Crippen molar-refractivity contribution in [2.45, 2.75) is 6.04 Å². The van der Waals surface area contributed by atoms with Crippen molar-refractivity contribution in [3.63, 3.8) is 0 Å². The van der Waals surface area contributed by atoms with Crippen molar-refractivity contribution in [3.8, 4) is 0 Å². The number of nitrogens with one attached hydrogen (secondary N) is 1. The Morgan fingerprint density at radius 3 is 2.67 bits per heavy atom. The van der Waals surface area contributed by atoms with Crippen molar-refractivity contribution >= 4 is 25.0 Å². The van der Waals surface area contributed by atoms with E-state index in [-0.39, 0.29) is 0 Å². The SMILES string of the molecule is O=C1CP(O)(O)=CC(C(=O)O)N1. The van der Waals surface area contributed by atoms with Crippen LogP contribution in [0.25, 0.3) is 0 Å². The first-order chi connectivity index (χ1) is 5.41.